The third-order valence-corrected chi connectivity index (χ3v) is 3.22. The maximum Gasteiger partial charge on any atom is 0.321 e. The first-order valence-electron chi connectivity index (χ1n) is 4.82. The Labute approximate surface area is 102 Å². The van der Waals surface area contributed by atoms with Gasteiger partial charge in [-0.15, -0.1) is 11.8 Å². The summed E-state index contributed by atoms with van der Waals surface area (Å²) in [6, 6.07) is 5.39. The molecule has 1 atom stereocenters. The van der Waals surface area contributed by atoms with Crippen LogP contribution in [-0.2, 0) is 4.79 Å². The normalized spacial score (nSPS) is 12.1. The molecule has 0 radical (unpaired) electrons. The van der Waals surface area contributed by atoms with Gasteiger partial charge in [-0.25, -0.2) is 0 Å². The predicted molar refractivity (Wildman–Crippen MR) is 64.3 cm³/mol. The predicted octanol–water partition coefficient (Wildman–Crippen LogP) is 1.36. The number of nitrogens with one attached hydrogen (secondary N) is 1. The Morgan fingerprint density at radius 3 is 2.53 bits per heavy atom. The molecule has 6 nitrogen and oxygen atoms in total. The topological polar surface area (TPSA) is 92.5 Å². The van der Waals surface area contributed by atoms with Gasteiger partial charge in [-0.2, -0.15) is 0 Å². The number of nitro groups is 1. The van der Waals surface area contributed by atoms with Crippen molar-refractivity contribution in [3.05, 3.63) is 34.4 Å². The second kappa shape index (κ2) is 6.21. The molecule has 0 fully saturated rings. The minimum absolute atomic E-state index is 0.0257. The van der Waals surface area contributed by atoms with Crippen molar-refractivity contribution in [1.29, 1.82) is 0 Å². The van der Waals surface area contributed by atoms with Gasteiger partial charge < -0.3 is 10.4 Å². The van der Waals surface area contributed by atoms with Crippen molar-refractivity contribution in [2.24, 2.45) is 0 Å². The lowest BCUT2D eigenvalue weighted by Gasteiger charge is -2.10. The van der Waals surface area contributed by atoms with Crippen LogP contribution in [0.15, 0.2) is 29.2 Å². The van der Waals surface area contributed by atoms with Gasteiger partial charge in [0.05, 0.1) is 4.92 Å². The molecule has 7 heteroatoms. The highest BCUT2D eigenvalue weighted by Crippen LogP contribution is 2.21. The number of carboxylic acid groups (broad SMARTS) is 1. The smallest absolute Gasteiger partial charge is 0.321 e. The van der Waals surface area contributed by atoms with Gasteiger partial charge in [0.25, 0.3) is 5.69 Å². The second-order valence-corrected chi connectivity index (χ2v) is 4.33. The Morgan fingerprint density at radius 2 is 2.12 bits per heavy atom. The number of carboxylic acids is 1. The summed E-state index contributed by atoms with van der Waals surface area (Å²) in [5.41, 5.74) is 0.0257. The van der Waals surface area contributed by atoms with Crippen molar-refractivity contribution >= 4 is 23.4 Å². The number of carbonyl (C=O) groups is 1. The number of nitrogens with zero attached hydrogens (tertiary/aromatic N) is 1. The van der Waals surface area contributed by atoms with E-state index in [2.05, 4.69) is 5.32 Å². The molecule has 0 bridgehead atoms. The van der Waals surface area contributed by atoms with Crippen molar-refractivity contribution in [3.8, 4) is 0 Å². The van der Waals surface area contributed by atoms with Crippen molar-refractivity contribution in [2.75, 3.05) is 12.8 Å². The lowest BCUT2D eigenvalue weighted by Crippen LogP contribution is -2.35. The van der Waals surface area contributed by atoms with E-state index < -0.39 is 16.9 Å². The molecule has 1 aromatic rings. The Bertz CT molecular complexity index is 407. The van der Waals surface area contributed by atoms with Crippen LogP contribution in [0.25, 0.3) is 0 Å². The second-order valence-electron chi connectivity index (χ2n) is 3.24. The van der Waals surface area contributed by atoms with E-state index in [4.69, 9.17) is 5.11 Å². The van der Waals surface area contributed by atoms with Crippen LogP contribution >= 0.6 is 11.8 Å². The molecule has 0 aromatic heterocycles. The van der Waals surface area contributed by atoms with Crippen LogP contribution in [-0.4, -0.2) is 34.8 Å². The first kappa shape index (κ1) is 13.5. The zero-order valence-electron chi connectivity index (χ0n) is 9.12. The van der Waals surface area contributed by atoms with Gasteiger partial charge in [0, 0.05) is 22.8 Å². The summed E-state index contributed by atoms with van der Waals surface area (Å²) in [5.74, 6) is -0.550. The Hall–Kier alpha value is -1.60. The fourth-order valence-electron chi connectivity index (χ4n) is 1.12. The van der Waals surface area contributed by atoms with Gasteiger partial charge in [0.2, 0.25) is 0 Å². The monoisotopic (exact) mass is 256 g/mol. The van der Waals surface area contributed by atoms with Crippen molar-refractivity contribution in [3.63, 3.8) is 0 Å². The molecule has 1 unspecified atom stereocenters. The quantitative estimate of drug-likeness (QED) is 0.453. The SMILES string of the molecule is CNC(CSc1ccc([N+](=O)[O-])cc1)C(=O)O. The third kappa shape index (κ3) is 4.04. The average molecular weight is 256 g/mol. The zero-order chi connectivity index (χ0) is 12.8. The number of benzene rings is 1. The molecule has 17 heavy (non-hydrogen) atoms. The maximum absolute atomic E-state index is 10.7. The highest BCUT2D eigenvalue weighted by Gasteiger charge is 2.15. The molecule has 0 aliphatic rings. The van der Waals surface area contributed by atoms with E-state index in [1.165, 1.54) is 23.9 Å². The molecule has 0 heterocycles. The molecule has 0 aliphatic carbocycles. The largest absolute Gasteiger partial charge is 0.480 e. The molecule has 92 valence electrons. The van der Waals surface area contributed by atoms with Gasteiger partial charge in [-0.1, -0.05) is 0 Å². The van der Waals surface area contributed by atoms with Gasteiger partial charge in [-0.3, -0.25) is 14.9 Å². The summed E-state index contributed by atoms with van der Waals surface area (Å²) in [6.45, 7) is 0. The van der Waals surface area contributed by atoms with E-state index in [-0.39, 0.29) is 5.69 Å². The molecule has 1 rings (SSSR count). The van der Waals surface area contributed by atoms with Crippen molar-refractivity contribution in [2.45, 2.75) is 10.9 Å². The number of aliphatic carboxylic acids is 1. The number of likely N-dealkylation sites (N-methyl/N-ethyl adjacent to an activating group) is 1. The minimum atomic E-state index is -0.915. The van der Waals surface area contributed by atoms with Crippen LogP contribution < -0.4 is 5.32 Å². The number of hydrogen-bond acceptors (Lipinski definition) is 5. The lowest BCUT2D eigenvalue weighted by atomic mass is 10.3. The van der Waals surface area contributed by atoms with E-state index in [1.807, 2.05) is 0 Å². The van der Waals surface area contributed by atoms with Gasteiger partial charge >= 0.3 is 5.97 Å². The lowest BCUT2D eigenvalue weighted by molar-refractivity contribution is -0.384. The fraction of sp³-hybridized carbons (Fsp3) is 0.300. The summed E-state index contributed by atoms with van der Waals surface area (Å²) in [6.07, 6.45) is 0. The van der Waals surface area contributed by atoms with Crippen molar-refractivity contribution in [1.82, 2.24) is 5.32 Å². The molecule has 0 spiro atoms. The molecule has 0 amide bonds. The van der Waals surface area contributed by atoms with Gasteiger partial charge in [0.1, 0.15) is 6.04 Å². The molecular weight excluding hydrogens is 244 g/mol. The third-order valence-electron chi connectivity index (χ3n) is 2.11. The van der Waals surface area contributed by atoms with Crippen LogP contribution in [0.5, 0.6) is 0 Å². The summed E-state index contributed by atoms with van der Waals surface area (Å²) >= 11 is 1.34. The van der Waals surface area contributed by atoms with Crippen LogP contribution in [0.3, 0.4) is 0 Å². The van der Waals surface area contributed by atoms with Crippen LogP contribution in [0.4, 0.5) is 5.69 Å². The van der Waals surface area contributed by atoms with E-state index in [0.717, 1.165) is 4.90 Å². The first-order chi connectivity index (χ1) is 8.04. The van der Waals surface area contributed by atoms with Crippen LogP contribution in [0.1, 0.15) is 0 Å². The number of non-ortho nitro benzene ring substituents is 1. The van der Waals surface area contributed by atoms with Crippen molar-refractivity contribution < 1.29 is 14.8 Å². The molecule has 1 aromatic carbocycles. The fourth-order valence-corrected chi connectivity index (χ4v) is 2.12. The molecule has 0 aliphatic heterocycles. The summed E-state index contributed by atoms with van der Waals surface area (Å²) in [4.78, 5) is 21.5. The molecule has 0 saturated carbocycles. The number of hydrogen-bond donors (Lipinski definition) is 2. The molecular formula is C10H12N2O4S. The summed E-state index contributed by atoms with van der Waals surface area (Å²) < 4.78 is 0. The Kier molecular flexibility index (Phi) is 4.92. The standard InChI is InChI=1S/C10H12N2O4S/c1-11-9(10(13)14)6-17-8-4-2-7(3-5-8)12(15)16/h2-5,9,11H,6H2,1H3,(H,13,14). The van der Waals surface area contributed by atoms with Gasteiger partial charge in [-0.05, 0) is 19.2 Å². The van der Waals surface area contributed by atoms with Crippen LogP contribution in [0.2, 0.25) is 0 Å². The van der Waals surface area contributed by atoms with E-state index in [9.17, 15) is 14.9 Å². The Balaban J connectivity index is 2.58. The first-order valence-corrected chi connectivity index (χ1v) is 5.80. The highest BCUT2D eigenvalue weighted by molar-refractivity contribution is 7.99. The van der Waals surface area contributed by atoms with Crippen LogP contribution in [0, 0.1) is 10.1 Å². The number of rotatable bonds is 6. The maximum atomic E-state index is 10.7. The highest BCUT2D eigenvalue weighted by atomic mass is 32.2. The Morgan fingerprint density at radius 1 is 1.53 bits per heavy atom. The molecule has 2 N–H and O–H groups in total. The molecule has 0 saturated heterocycles. The van der Waals surface area contributed by atoms with E-state index >= 15 is 0 Å². The number of nitro benzene ring substituents is 1. The zero-order valence-corrected chi connectivity index (χ0v) is 9.94. The van der Waals surface area contributed by atoms with E-state index in [1.54, 1.807) is 19.2 Å². The average Bonchev–Trinajstić information content (AvgIpc) is 2.30. The summed E-state index contributed by atoms with van der Waals surface area (Å²) in [5, 5.41) is 21.9. The minimum Gasteiger partial charge on any atom is -0.480 e. The van der Waals surface area contributed by atoms with Gasteiger partial charge in [0.15, 0.2) is 0 Å². The van der Waals surface area contributed by atoms with E-state index in [0.29, 0.717) is 5.75 Å². The summed E-state index contributed by atoms with van der Waals surface area (Å²) in [7, 11) is 1.58. The number of thioether (sulfide) groups is 1.